The number of nitrogens with zero attached hydrogens (tertiary/aromatic N) is 2. The van der Waals surface area contributed by atoms with Crippen LogP contribution in [-0.4, -0.2) is 40.1 Å². The Labute approximate surface area is 175 Å². The molecule has 1 unspecified atom stereocenters. The van der Waals surface area contributed by atoms with Crippen molar-refractivity contribution in [3.63, 3.8) is 0 Å². The Bertz CT molecular complexity index is 820. The first-order valence-corrected chi connectivity index (χ1v) is 11.0. The lowest BCUT2D eigenvalue weighted by molar-refractivity contribution is -0.173. The van der Waals surface area contributed by atoms with E-state index in [9.17, 15) is 14.2 Å². The first-order chi connectivity index (χ1) is 14.1. The highest BCUT2D eigenvalue weighted by atomic mass is 31.1. The number of hydrogen-bond donors (Lipinski definition) is 2. The Morgan fingerprint density at radius 1 is 1.53 bits per heavy atom. The molecule has 0 saturated carbocycles. The second kappa shape index (κ2) is 10.4. The van der Waals surface area contributed by atoms with Crippen molar-refractivity contribution in [2.24, 2.45) is 5.92 Å². The van der Waals surface area contributed by atoms with Crippen LogP contribution in [0.15, 0.2) is 17.1 Å². The van der Waals surface area contributed by atoms with Crippen molar-refractivity contribution in [3.8, 4) is 0 Å². The summed E-state index contributed by atoms with van der Waals surface area (Å²) in [5, 5.41) is 2.45. The number of halogens is 1. The maximum atomic E-state index is 15.1. The number of carbonyl (C=O) groups is 1. The number of hydrogen-bond acceptors (Lipinski definition) is 8. The van der Waals surface area contributed by atoms with E-state index in [1.165, 1.54) is 19.2 Å². The lowest BCUT2D eigenvalue weighted by Gasteiger charge is -2.19. The molecule has 30 heavy (non-hydrogen) atoms. The van der Waals surface area contributed by atoms with Crippen molar-refractivity contribution in [1.29, 1.82) is 0 Å². The highest BCUT2D eigenvalue weighted by Gasteiger charge is 2.48. The van der Waals surface area contributed by atoms with E-state index in [0.717, 1.165) is 4.57 Å². The zero-order valence-electron chi connectivity index (χ0n) is 17.5. The van der Waals surface area contributed by atoms with Crippen molar-refractivity contribution >= 4 is 20.0 Å². The van der Waals surface area contributed by atoms with Crippen LogP contribution in [0.2, 0.25) is 0 Å². The van der Waals surface area contributed by atoms with Crippen LogP contribution in [0, 0.1) is 5.92 Å². The monoisotopic (exact) mass is 447 g/mol. The average molecular weight is 447 g/mol. The van der Waals surface area contributed by atoms with E-state index in [1.54, 1.807) is 6.92 Å². The van der Waals surface area contributed by atoms with E-state index in [0.29, 0.717) is 12.8 Å². The van der Waals surface area contributed by atoms with E-state index in [2.05, 4.69) is 10.1 Å². The predicted molar refractivity (Wildman–Crippen MR) is 107 cm³/mol. The van der Waals surface area contributed by atoms with Gasteiger partial charge in [-0.3, -0.25) is 9.36 Å². The zero-order valence-corrected chi connectivity index (χ0v) is 18.4. The molecule has 1 saturated heterocycles. The molecule has 0 radical (unpaired) electrons. The Morgan fingerprint density at radius 2 is 2.20 bits per heavy atom. The maximum Gasteiger partial charge on any atom is 0.614 e. The molecule has 10 nitrogen and oxygen atoms in total. The molecule has 0 spiro atoms. The first-order valence-electron chi connectivity index (χ1n) is 9.86. The number of anilines is 1. The molecule has 1 aliphatic rings. The fourth-order valence-electron chi connectivity index (χ4n) is 3.13. The van der Waals surface area contributed by atoms with Gasteiger partial charge in [0.15, 0.2) is 6.61 Å². The fraction of sp³-hybridized carbons (Fsp3) is 0.722. The number of aromatic nitrogens is 2. The van der Waals surface area contributed by atoms with Crippen LogP contribution < -0.4 is 16.5 Å². The van der Waals surface area contributed by atoms with Crippen LogP contribution in [0.1, 0.15) is 53.2 Å². The Morgan fingerprint density at radius 3 is 2.80 bits per heavy atom. The number of esters is 1. The number of rotatable bonds is 10. The van der Waals surface area contributed by atoms with E-state index in [4.69, 9.17) is 19.7 Å². The number of nitrogen functional groups attached to an aromatic ring is 1. The summed E-state index contributed by atoms with van der Waals surface area (Å²) in [6.07, 6.45) is 1.53. The van der Waals surface area contributed by atoms with Crippen molar-refractivity contribution in [1.82, 2.24) is 14.6 Å². The number of alkyl halides is 1. The molecule has 0 aliphatic carbocycles. The van der Waals surface area contributed by atoms with Crippen molar-refractivity contribution in [2.75, 3.05) is 12.3 Å². The van der Waals surface area contributed by atoms with E-state index >= 15 is 4.39 Å². The minimum atomic E-state index is -2.55. The van der Waals surface area contributed by atoms with Gasteiger partial charge in [-0.05, 0) is 30.4 Å². The number of nitrogens with two attached hydrogens (primary N) is 1. The minimum absolute atomic E-state index is 0.0525. The van der Waals surface area contributed by atoms with Crippen LogP contribution in [0.25, 0.3) is 0 Å². The van der Waals surface area contributed by atoms with Gasteiger partial charge >= 0.3 is 19.8 Å². The third kappa shape index (κ3) is 6.28. The SMILES string of the molecule is CCC(CC)OC(=O)[C@H](C)N[P+](=O)OC[C@]1(F)C[C@H](C)[C@H](n2ccc(N)nc2=O)O1. The summed E-state index contributed by atoms with van der Waals surface area (Å²) < 4.78 is 44.1. The van der Waals surface area contributed by atoms with Crippen LogP contribution in [-0.2, 0) is 23.4 Å². The molecule has 1 fully saturated rings. The molecular weight excluding hydrogens is 418 g/mol. The minimum Gasteiger partial charge on any atom is -0.461 e. The normalized spacial score (nSPS) is 25.3. The van der Waals surface area contributed by atoms with Crippen molar-refractivity contribution < 1.29 is 27.7 Å². The van der Waals surface area contributed by atoms with Gasteiger partial charge < -0.3 is 15.2 Å². The molecule has 0 aromatic carbocycles. The van der Waals surface area contributed by atoms with Gasteiger partial charge in [0.2, 0.25) is 5.85 Å². The summed E-state index contributed by atoms with van der Waals surface area (Å²) in [5.74, 6) is -3.14. The second-order valence-electron chi connectivity index (χ2n) is 7.37. The highest BCUT2D eigenvalue weighted by molar-refractivity contribution is 7.36. The second-order valence-corrected chi connectivity index (χ2v) is 8.40. The summed E-state index contributed by atoms with van der Waals surface area (Å²) in [4.78, 5) is 27.6. The van der Waals surface area contributed by atoms with Gasteiger partial charge in [-0.25, -0.2) is 9.18 Å². The topological polar surface area (TPSA) is 135 Å². The lowest BCUT2D eigenvalue weighted by Crippen LogP contribution is -2.35. The van der Waals surface area contributed by atoms with Crippen LogP contribution >= 0.6 is 8.18 Å². The van der Waals surface area contributed by atoms with Crippen molar-refractivity contribution in [2.45, 2.75) is 71.2 Å². The molecule has 1 aliphatic heterocycles. The summed E-state index contributed by atoms with van der Waals surface area (Å²) in [5.41, 5.74) is 4.81. The van der Waals surface area contributed by atoms with E-state index < -0.39 is 44.6 Å². The number of ether oxygens (including phenoxy) is 2. The smallest absolute Gasteiger partial charge is 0.461 e. The number of nitrogens with one attached hydrogen (secondary N) is 1. The number of carbonyl (C=O) groups excluding carboxylic acids is 1. The largest absolute Gasteiger partial charge is 0.614 e. The first kappa shape index (κ1) is 24.3. The molecule has 1 aromatic heterocycles. The summed E-state index contributed by atoms with van der Waals surface area (Å²) in [6.45, 7) is 6.35. The molecule has 2 heterocycles. The molecule has 2 rings (SSSR count). The van der Waals surface area contributed by atoms with Gasteiger partial charge in [0.1, 0.15) is 24.2 Å². The fourth-order valence-corrected chi connectivity index (χ4v) is 3.94. The molecule has 3 N–H and O–H groups in total. The quantitative estimate of drug-likeness (QED) is 0.409. The summed E-state index contributed by atoms with van der Waals surface area (Å²) in [6, 6.07) is 0.523. The van der Waals surface area contributed by atoms with Gasteiger partial charge in [0, 0.05) is 18.5 Å². The molecule has 168 valence electrons. The summed E-state index contributed by atoms with van der Waals surface area (Å²) in [7, 11) is -2.55. The Kier molecular flexibility index (Phi) is 8.42. The van der Waals surface area contributed by atoms with Gasteiger partial charge in [0.25, 0.3) is 0 Å². The predicted octanol–water partition coefficient (Wildman–Crippen LogP) is 2.43. The Hall–Kier alpha value is -1.94. The van der Waals surface area contributed by atoms with Crippen molar-refractivity contribution in [3.05, 3.63) is 22.7 Å². The van der Waals surface area contributed by atoms with Gasteiger partial charge in [-0.2, -0.15) is 4.98 Å². The van der Waals surface area contributed by atoms with Gasteiger partial charge in [0.05, 0.1) is 0 Å². The molecular formula is C18H29FN4O6P+. The van der Waals surface area contributed by atoms with Crippen LogP contribution in [0.5, 0.6) is 0 Å². The lowest BCUT2D eigenvalue weighted by atomic mass is 10.1. The molecule has 5 atom stereocenters. The Balaban J connectivity index is 1.90. The molecule has 0 bridgehead atoms. The van der Waals surface area contributed by atoms with E-state index in [1.807, 2.05) is 13.8 Å². The third-order valence-corrected chi connectivity index (χ3v) is 5.78. The third-order valence-electron chi connectivity index (χ3n) is 4.81. The zero-order chi connectivity index (χ0) is 22.5. The van der Waals surface area contributed by atoms with Gasteiger partial charge in [-0.15, -0.1) is 4.52 Å². The van der Waals surface area contributed by atoms with Gasteiger partial charge in [-0.1, -0.05) is 25.9 Å². The standard InChI is InChI=1S/C18H28FN4O6P/c1-5-13(6-2)28-16(24)12(4)22-30(26)27-10-18(19)9-11(3)15(29-18)23-8-7-14(20)21-17(23)25/h7-8,11-13,15H,5-6,9-10H2,1-4H3,(H2-,20,21,22,25,26)/p+1/t11-,12-,15+,18-/m0/s1. The van der Waals surface area contributed by atoms with Crippen LogP contribution in [0.4, 0.5) is 10.2 Å². The van der Waals surface area contributed by atoms with E-state index in [-0.39, 0.29) is 24.3 Å². The highest BCUT2D eigenvalue weighted by Crippen LogP contribution is 2.42. The maximum absolute atomic E-state index is 15.1. The summed E-state index contributed by atoms with van der Waals surface area (Å²) >= 11 is 0. The molecule has 12 heteroatoms. The molecule has 0 amide bonds. The van der Waals surface area contributed by atoms with Crippen LogP contribution in [0.3, 0.4) is 0 Å². The average Bonchev–Trinajstić information content (AvgIpc) is 2.99. The molecule has 1 aromatic rings.